The van der Waals surface area contributed by atoms with Crippen LogP contribution in [0.4, 0.5) is 0 Å². The van der Waals surface area contributed by atoms with E-state index in [1.54, 1.807) is 7.11 Å². The zero-order valence-electron chi connectivity index (χ0n) is 16.8. The molecule has 6 nitrogen and oxygen atoms in total. The highest BCUT2D eigenvalue weighted by Crippen LogP contribution is 2.28. The molecule has 150 valence electrons. The van der Waals surface area contributed by atoms with Gasteiger partial charge in [-0.3, -0.25) is 4.18 Å². The van der Waals surface area contributed by atoms with Gasteiger partial charge in [-0.1, -0.05) is 32.9 Å². The van der Waals surface area contributed by atoms with Gasteiger partial charge in [0.2, 0.25) is 0 Å². The van der Waals surface area contributed by atoms with Crippen molar-refractivity contribution in [2.45, 2.75) is 52.7 Å². The van der Waals surface area contributed by atoms with Crippen LogP contribution < -0.4 is 4.74 Å². The minimum absolute atomic E-state index is 0.127. The number of ether oxygens (including phenoxy) is 2. The molecule has 0 radical (unpaired) electrons. The molecule has 0 aromatic heterocycles. The predicted octanol–water partition coefficient (Wildman–Crippen LogP) is 2.97. The van der Waals surface area contributed by atoms with Crippen LogP contribution in [0.25, 0.3) is 0 Å². The lowest BCUT2D eigenvalue weighted by atomic mass is 9.86. The topological polar surface area (TPSA) is 71.1 Å². The van der Waals surface area contributed by atoms with Crippen molar-refractivity contribution in [3.05, 3.63) is 29.8 Å². The number of benzene rings is 1. The molecule has 0 amide bonds. The molecule has 2 unspecified atom stereocenters. The zero-order valence-corrected chi connectivity index (χ0v) is 18.8. The number of hydrogen-bond acceptors (Lipinski definition) is 6. The van der Waals surface area contributed by atoms with Gasteiger partial charge in [0.1, 0.15) is 11.9 Å². The van der Waals surface area contributed by atoms with E-state index in [1.807, 2.05) is 45.0 Å². The van der Waals surface area contributed by atoms with Gasteiger partial charge in [0.05, 0.1) is 32.7 Å². The Balaban J connectivity index is 2.83. The molecule has 26 heavy (non-hydrogen) atoms. The molecule has 0 bridgehead atoms. The lowest BCUT2D eigenvalue weighted by Crippen LogP contribution is -2.47. The SMILES string of the molecule is COc1ccc(COCC(OS(C)(=O)=O)C(O[SiH](C)C)C(C)(C)C)cc1. The second kappa shape index (κ2) is 9.84. The van der Waals surface area contributed by atoms with E-state index < -0.39 is 25.3 Å². The van der Waals surface area contributed by atoms with E-state index >= 15 is 0 Å². The Bertz CT molecular complexity index is 637. The summed E-state index contributed by atoms with van der Waals surface area (Å²) in [5.74, 6) is 0.773. The van der Waals surface area contributed by atoms with Gasteiger partial charge in [0, 0.05) is 0 Å². The summed E-state index contributed by atoms with van der Waals surface area (Å²) < 4.78 is 45.8. The molecule has 2 atom stereocenters. The second-order valence-corrected chi connectivity index (χ2v) is 11.6. The van der Waals surface area contributed by atoms with Gasteiger partial charge in [0.25, 0.3) is 10.1 Å². The van der Waals surface area contributed by atoms with Crippen LogP contribution in [0.5, 0.6) is 5.75 Å². The fourth-order valence-corrected chi connectivity index (χ4v) is 4.32. The van der Waals surface area contributed by atoms with E-state index in [4.69, 9.17) is 18.1 Å². The molecule has 8 heteroatoms. The van der Waals surface area contributed by atoms with Crippen LogP contribution >= 0.6 is 0 Å². The van der Waals surface area contributed by atoms with E-state index in [1.165, 1.54) is 0 Å². The first-order valence-electron chi connectivity index (χ1n) is 8.66. The van der Waals surface area contributed by atoms with Crippen molar-refractivity contribution in [2.24, 2.45) is 5.41 Å². The molecule has 0 aliphatic rings. The van der Waals surface area contributed by atoms with Crippen molar-refractivity contribution in [1.29, 1.82) is 0 Å². The summed E-state index contributed by atoms with van der Waals surface area (Å²) in [7, 11) is -3.41. The Morgan fingerprint density at radius 3 is 2.12 bits per heavy atom. The average molecular weight is 405 g/mol. The Hall–Kier alpha value is -0.933. The van der Waals surface area contributed by atoms with Gasteiger partial charge in [0.15, 0.2) is 9.04 Å². The van der Waals surface area contributed by atoms with Gasteiger partial charge in [-0.15, -0.1) is 0 Å². The molecule has 1 aromatic rings. The third-order valence-corrected chi connectivity index (χ3v) is 5.05. The summed E-state index contributed by atoms with van der Waals surface area (Å²) in [6, 6.07) is 7.53. The molecule has 1 rings (SSSR count). The summed E-state index contributed by atoms with van der Waals surface area (Å²) in [5.41, 5.74) is 0.686. The maximum atomic E-state index is 11.7. The highest BCUT2D eigenvalue weighted by atomic mass is 32.2. The van der Waals surface area contributed by atoms with E-state index in [0.29, 0.717) is 6.61 Å². The first kappa shape index (κ1) is 23.1. The van der Waals surface area contributed by atoms with E-state index in [9.17, 15) is 8.42 Å². The van der Waals surface area contributed by atoms with Crippen molar-refractivity contribution < 1.29 is 26.5 Å². The van der Waals surface area contributed by atoms with Crippen molar-refractivity contribution in [2.75, 3.05) is 20.0 Å². The maximum Gasteiger partial charge on any atom is 0.264 e. The summed E-state index contributed by atoms with van der Waals surface area (Å²) in [5, 5.41) is 0. The van der Waals surface area contributed by atoms with Crippen molar-refractivity contribution in [3.63, 3.8) is 0 Å². The molecule has 0 saturated heterocycles. The molecule has 0 aliphatic carbocycles. The van der Waals surface area contributed by atoms with Crippen LogP contribution in [0.1, 0.15) is 26.3 Å². The molecule has 0 heterocycles. The largest absolute Gasteiger partial charge is 0.497 e. The van der Waals surface area contributed by atoms with Crippen molar-refractivity contribution in [3.8, 4) is 5.75 Å². The first-order chi connectivity index (χ1) is 11.9. The molecule has 0 aliphatic heterocycles. The smallest absolute Gasteiger partial charge is 0.264 e. The predicted molar refractivity (Wildman–Crippen MR) is 106 cm³/mol. The van der Waals surface area contributed by atoms with E-state index in [-0.39, 0.29) is 18.1 Å². The summed E-state index contributed by atoms with van der Waals surface area (Å²) in [6.07, 6.45) is -0.0198. The first-order valence-corrected chi connectivity index (χ1v) is 13.3. The Morgan fingerprint density at radius 2 is 1.69 bits per heavy atom. The lowest BCUT2D eigenvalue weighted by Gasteiger charge is -2.37. The molecule has 0 spiro atoms. The van der Waals surface area contributed by atoms with Gasteiger partial charge in [-0.05, 0) is 36.2 Å². The number of hydrogen-bond donors (Lipinski definition) is 0. The van der Waals surface area contributed by atoms with Crippen LogP contribution in [-0.2, 0) is 30.1 Å². The molecule has 1 aromatic carbocycles. The summed E-state index contributed by atoms with van der Waals surface area (Å²) >= 11 is 0. The fourth-order valence-electron chi connectivity index (χ4n) is 2.55. The fraction of sp³-hybridized carbons (Fsp3) is 0.667. The highest BCUT2D eigenvalue weighted by molar-refractivity contribution is 7.86. The Morgan fingerprint density at radius 1 is 1.12 bits per heavy atom. The minimum Gasteiger partial charge on any atom is -0.497 e. The third kappa shape index (κ3) is 8.63. The Labute approximate surface area is 159 Å². The van der Waals surface area contributed by atoms with Gasteiger partial charge in [-0.25, -0.2) is 0 Å². The van der Waals surface area contributed by atoms with E-state index in [0.717, 1.165) is 17.6 Å². The van der Waals surface area contributed by atoms with E-state index in [2.05, 4.69) is 13.1 Å². The van der Waals surface area contributed by atoms with Crippen LogP contribution in [0, 0.1) is 5.41 Å². The van der Waals surface area contributed by atoms with Crippen LogP contribution in [0.3, 0.4) is 0 Å². The quantitative estimate of drug-likeness (QED) is 0.441. The molecule has 0 N–H and O–H groups in total. The maximum absolute atomic E-state index is 11.7. The standard InChI is InChI=1S/C18H32O6SSi/c1-18(2,3)17(24-26(6)7)16(23-25(5,19)20)13-22-12-14-8-10-15(21-4)11-9-14/h8-11,16-17,26H,12-13H2,1-7H3. The van der Waals surface area contributed by atoms with Crippen LogP contribution in [0.15, 0.2) is 24.3 Å². The average Bonchev–Trinajstić information content (AvgIpc) is 2.50. The number of rotatable bonds is 10. The van der Waals surface area contributed by atoms with Crippen LogP contribution in [-0.4, -0.2) is 49.6 Å². The third-order valence-electron chi connectivity index (χ3n) is 3.62. The lowest BCUT2D eigenvalue weighted by molar-refractivity contribution is -0.0563. The minimum atomic E-state index is -3.63. The van der Waals surface area contributed by atoms with Crippen molar-refractivity contribution in [1.82, 2.24) is 0 Å². The summed E-state index contributed by atoms with van der Waals surface area (Å²) in [4.78, 5) is 0. The molecular weight excluding hydrogens is 372 g/mol. The van der Waals surface area contributed by atoms with Gasteiger partial charge in [-0.2, -0.15) is 8.42 Å². The zero-order chi connectivity index (χ0) is 20.0. The molecule has 0 saturated carbocycles. The molecule has 0 fully saturated rings. The monoisotopic (exact) mass is 404 g/mol. The second-order valence-electron chi connectivity index (χ2n) is 7.67. The van der Waals surface area contributed by atoms with Crippen molar-refractivity contribution >= 4 is 19.2 Å². The van der Waals surface area contributed by atoms with Gasteiger partial charge < -0.3 is 13.9 Å². The van der Waals surface area contributed by atoms with Crippen LogP contribution in [0.2, 0.25) is 13.1 Å². The highest BCUT2D eigenvalue weighted by Gasteiger charge is 2.36. The Kier molecular flexibility index (Phi) is 8.75. The normalized spacial score (nSPS) is 15.1. The molecular formula is C18H32O6SSi. The summed E-state index contributed by atoms with van der Waals surface area (Å²) in [6.45, 7) is 10.6. The van der Waals surface area contributed by atoms with Gasteiger partial charge >= 0.3 is 0 Å². The number of methoxy groups -OCH3 is 1.